The van der Waals surface area contributed by atoms with Crippen molar-refractivity contribution in [2.45, 2.75) is 12.2 Å². The number of hydrogen-bond acceptors (Lipinski definition) is 3. The van der Waals surface area contributed by atoms with Gasteiger partial charge in [-0.3, -0.25) is 4.79 Å². The fourth-order valence-electron chi connectivity index (χ4n) is 3.41. The first-order valence-corrected chi connectivity index (χ1v) is 11.3. The van der Waals surface area contributed by atoms with Gasteiger partial charge in [0.25, 0.3) is 5.91 Å². The molecule has 2 N–H and O–H groups in total. The molecule has 0 aliphatic carbocycles. The van der Waals surface area contributed by atoms with E-state index < -0.39 is 10.0 Å². The van der Waals surface area contributed by atoms with Gasteiger partial charge in [-0.15, -0.1) is 0 Å². The highest BCUT2D eigenvalue weighted by molar-refractivity contribution is 7.88. The van der Waals surface area contributed by atoms with Crippen molar-refractivity contribution < 1.29 is 18.1 Å². The van der Waals surface area contributed by atoms with Gasteiger partial charge in [0.05, 0.1) is 31.9 Å². The molecule has 1 fully saturated rings. The number of rotatable bonds is 8. The van der Waals surface area contributed by atoms with Gasteiger partial charge in [-0.2, -0.15) is 4.31 Å². The first-order valence-electron chi connectivity index (χ1n) is 9.69. The highest BCUT2D eigenvalue weighted by atomic mass is 32.2. The minimum atomic E-state index is -3.31. The van der Waals surface area contributed by atoms with Crippen molar-refractivity contribution >= 4 is 15.9 Å². The average molecular weight is 403 g/mol. The van der Waals surface area contributed by atoms with Gasteiger partial charge in [-0.05, 0) is 17.5 Å². The number of benzene rings is 2. The molecule has 1 saturated heterocycles. The maximum Gasteiger partial charge on any atom is 0.275 e. The quantitative estimate of drug-likeness (QED) is 0.657. The van der Waals surface area contributed by atoms with Crippen LogP contribution in [0.15, 0.2) is 60.7 Å². The number of amides is 1. The minimum Gasteiger partial charge on any atom is -0.351 e. The maximum absolute atomic E-state index is 12.6. The van der Waals surface area contributed by atoms with Crippen LogP contribution in [0.25, 0.3) is 0 Å². The van der Waals surface area contributed by atoms with E-state index in [0.29, 0.717) is 39.3 Å². The Morgan fingerprint density at radius 3 is 2.11 bits per heavy atom. The first kappa shape index (κ1) is 20.5. The standard InChI is InChI=1S/C21H27N3O3S/c25-21(22-12-11-19-7-3-1-4-8-19)17-23-13-15-24(16-14-23)28(26,27)18-20-9-5-2-6-10-20/h1-10H,11-18H2,(H,22,25)/p+1. The second-order valence-corrected chi connectivity index (χ2v) is 9.12. The predicted octanol–water partition coefficient (Wildman–Crippen LogP) is 0.0758. The highest BCUT2D eigenvalue weighted by Gasteiger charge is 2.29. The summed E-state index contributed by atoms with van der Waals surface area (Å²) in [6.45, 7) is 3.24. The van der Waals surface area contributed by atoms with Crippen LogP contribution in [-0.2, 0) is 27.0 Å². The zero-order valence-electron chi connectivity index (χ0n) is 16.0. The SMILES string of the molecule is O=C(C[NH+]1CCN(S(=O)(=O)Cc2ccccc2)CC1)NCCc1ccccc1. The minimum absolute atomic E-state index is 0.0199. The molecular weight excluding hydrogens is 374 g/mol. The normalized spacial score (nSPS) is 16.0. The van der Waals surface area contributed by atoms with Crippen molar-refractivity contribution in [1.82, 2.24) is 9.62 Å². The Bertz CT molecular complexity index is 849. The molecule has 0 spiro atoms. The van der Waals surface area contributed by atoms with Crippen molar-refractivity contribution in [3.05, 3.63) is 71.8 Å². The lowest BCUT2D eigenvalue weighted by molar-refractivity contribution is -0.895. The molecule has 1 aliphatic rings. The number of carbonyl (C=O) groups is 1. The summed E-state index contributed by atoms with van der Waals surface area (Å²) in [7, 11) is -3.31. The third kappa shape index (κ3) is 6.15. The smallest absolute Gasteiger partial charge is 0.275 e. The number of hydrogen-bond donors (Lipinski definition) is 2. The molecule has 1 amide bonds. The number of piperazine rings is 1. The summed E-state index contributed by atoms with van der Waals surface area (Å²) in [5, 5.41) is 2.96. The maximum atomic E-state index is 12.6. The van der Waals surface area contributed by atoms with Gasteiger partial charge >= 0.3 is 0 Å². The molecule has 0 bridgehead atoms. The van der Waals surface area contributed by atoms with E-state index in [-0.39, 0.29) is 11.7 Å². The van der Waals surface area contributed by atoms with Gasteiger partial charge in [0.15, 0.2) is 6.54 Å². The Kier molecular flexibility index (Phi) is 7.19. The lowest BCUT2D eigenvalue weighted by Crippen LogP contribution is -3.15. The van der Waals surface area contributed by atoms with Crippen molar-refractivity contribution in [2.24, 2.45) is 0 Å². The van der Waals surface area contributed by atoms with Gasteiger partial charge in [-0.1, -0.05) is 60.7 Å². The van der Waals surface area contributed by atoms with E-state index >= 15 is 0 Å². The Hall–Kier alpha value is -2.22. The van der Waals surface area contributed by atoms with Crippen LogP contribution in [0, 0.1) is 0 Å². The molecule has 7 heteroatoms. The van der Waals surface area contributed by atoms with E-state index in [0.717, 1.165) is 16.9 Å². The molecule has 1 heterocycles. The lowest BCUT2D eigenvalue weighted by Gasteiger charge is -2.31. The fraction of sp³-hybridized carbons (Fsp3) is 0.381. The predicted molar refractivity (Wildman–Crippen MR) is 109 cm³/mol. The second kappa shape index (κ2) is 9.82. The van der Waals surface area contributed by atoms with Crippen LogP contribution in [0.3, 0.4) is 0 Å². The topological polar surface area (TPSA) is 70.9 Å². The average Bonchev–Trinajstić information content (AvgIpc) is 2.70. The molecule has 2 aromatic carbocycles. The molecular formula is C21H28N3O3S+. The Labute approximate surface area is 167 Å². The summed E-state index contributed by atoms with van der Waals surface area (Å²) in [5.74, 6) is 0.0508. The molecule has 0 radical (unpaired) electrons. The van der Waals surface area contributed by atoms with E-state index in [1.54, 1.807) is 4.31 Å². The van der Waals surface area contributed by atoms with E-state index in [4.69, 9.17) is 0 Å². The summed E-state index contributed by atoms with van der Waals surface area (Å²) in [6, 6.07) is 19.3. The molecule has 150 valence electrons. The molecule has 1 aliphatic heterocycles. The van der Waals surface area contributed by atoms with Gasteiger partial charge < -0.3 is 10.2 Å². The molecule has 0 unspecified atom stereocenters. The zero-order valence-corrected chi connectivity index (χ0v) is 16.8. The number of nitrogens with one attached hydrogen (secondary N) is 2. The molecule has 2 aromatic rings. The zero-order chi connectivity index (χ0) is 19.8. The number of nitrogens with zero attached hydrogens (tertiary/aromatic N) is 1. The molecule has 0 aromatic heterocycles. The van der Waals surface area contributed by atoms with Gasteiger partial charge in [0.2, 0.25) is 10.0 Å². The van der Waals surface area contributed by atoms with E-state index in [1.807, 2.05) is 60.7 Å². The summed E-state index contributed by atoms with van der Waals surface area (Å²) < 4.78 is 26.7. The van der Waals surface area contributed by atoms with Crippen LogP contribution in [0.2, 0.25) is 0 Å². The summed E-state index contributed by atoms with van der Waals surface area (Å²) >= 11 is 0. The fourth-order valence-corrected chi connectivity index (χ4v) is 4.95. The van der Waals surface area contributed by atoms with Crippen LogP contribution < -0.4 is 10.2 Å². The molecule has 0 saturated carbocycles. The first-order chi connectivity index (χ1) is 13.5. The number of sulfonamides is 1. The van der Waals surface area contributed by atoms with E-state index in [1.165, 1.54) is 5.56 Å². The largest absolute Gasteiger partial charge is 0.351 e. The number of quaternary nitrogens is 1. The Morgan fingerprint density at radius 1 is 0.929 bits per heavy atom. The Balaban J connectivity index is 1.39. The summed E-state index contributed by atoms with van der Waals surface area (Å²) in [5.41, 5.74) is 2.00. The van der Waals surface area contributed by atoms with Gasteiger partial charge in [0, 0.05) is 6.54 Å². The number of carbonyl (C=O) groups excluding carboxylic acids is 1. The monoisotopic (exact) mass is 402 g/mol. The lowest BCUT2D eigenvalue weighted by atomic mass is 10.1. The third-order valence-corrected chi connectivity index (χ3v) is 6.85. The van der Waals surface area contributed by atoms with Gasteiger partial charge in [0.1, 0.15) is 0 Å². The van der Waals surface area contributed by atoms with Crippen LogP contribution in [-0.4, -0.2) is 57.9 Å². The summed E-state index contributed by atoms with van der Waals surface area (Å²) in [6.07, 6.45) is 0.813. The van der Waals surface area contributed by atoms with Crippen LogP contribution in [0.5, 0.6) is 0 Å². The molecule has 6 nitrogen and oxygen atoms in total. The molecule has 3 rings (SSSR count). The van der Waals surface area contributed by atoms with E-state index in [2.05, 4.69) is 5.32 Å². The van der Waals surface area contributed by atoms with Crippen LogP contribution in [0.4, 0.5) is 0 Å². The van der Waals surface area contributed by atoms with Crippen molar-refractivity contribution in [3.8, 4) is 0 Å². The van der Waals surface area contributed by atoms with Crippen molar-refractivity contribution in [2.75, 3.05) is 39.3 Å². The highest BCUT2D eigenvalue weighted by Crippen LogP contribution is 2.10. The summed E-state index contributed by atoms with van der Waals surface area (Å²) in [4.78, 5) is 13.3. The van der Waals surface area contributed by atoms with Crippen LogP contribution >= 0.6 is 0 Å². The van der Waals surface area contributed by atoms with Crippen molar-refractivity contribution in [1.29, 1.82) is 0 Å². The molecule has 0 atom stereocenters. The molecule has 28 heavy (non-hydrogen) atoms. The Morgan fingerprint density at radius 2 is 1.50 bits per heavy atom. The van der Waals surface area contributed by atoms with Crippen LogP contribution in [0.1, 0.15) is 11.1 Å². The second-order valence-electron chi connectivity index (χ2n) is 7.15. The van der Waals surface area contributed by atoms with Crippen molar-refractivity contribution in [3.63, 3.8) is 0 Å². The third-order valence-electron chi connectivity index (χ3n) is 5.00. The van der Waals surface area contributed by atoms with E-state index in [9.17, 15) is 13.2 Å². The van der Waals surface area contributed by atoms with Gasteiger partial charge in [-0.25, -0.2) is 8.42 Å².